The van der Waals surface area contributed by atoms with Gasteiger partial charge in [0, 0.05) is 17.8 Å². The van der Waals surface area contributed by atoms with E-state index in [-0.39, 0.29) is 0 Å². The highest BCUT2D eigenvalue weighted by Gasteiger charge is 2.43. The molecule has 3 rings (SSSR count). The van der Waals surface area contributed by atoms with Crippen LogP contribution in [0.4, 0.5) is 0 Å². The monoisotopic (exact) mass is 447 g/mol. The smallest absolute Gasteiger partial charge is 0.126 e. The number of nitrogens with zero attached hydrogens (tertiary/aromatic N) is 1. The maximum absolute atomic E-state index is 10.5. The molecule has 0 unspecified atom stereocenters. The average molecular weight is 448 g/mol. The summed E-state index contributed by atoms with van der Waals surface area (Å²) < 4.78 is 11.6. The van der Waals surface area contributed by atoms with E-state index < -0.39 is 30.5 Å². The highest BCUT2D eigenvalue weighted by Crippen LogP contribution is 2.35. The van der Waals surface area contributed by atoms with Crippen LogP contribution in [0, 0.1) is 0 Å². The summed E-state index contributed by atoms with van der Waals surface area (Å²) in [4.78, 5) is 4.08. The van der Waals surface area contributed by atoms with Crippen LogP contribution < -0.4 is 4.74 Å². The molecule has 1 saturated heterocycles. The van der Waals surface area contributed by atoms with Gasteiger partial charge in [-0.2, -0.15) is 0 Å². The molecule has 0 aromatic heterocycles. The molecule has 0 aliphatic carbocycles. The zero-order chi connectivity index (χ0) is 22.5. The zero-order valence-electron chi connectivity index (χ0n) is 18.0. The topological polar surface area (TPSA) is 91.5 Å². The Balaban J connectivity index is 1.75. The van der Waals surface area contributed by atoms with Crippen molar-refractivity contribution < 1.29 is 24.8 Å². The van der Waals surface area contributed by atoms with E-state index in [0.29, 0.717) is 30.0 Å². The molecule has 6 nitrogen and oxygen atoms in total. The van der Waals surface area contributed by atoms with Gasteiger partial charge in [0.2, 0.25) is 0 Å². The first-order valence-corrected chi connectivity index (χ1v) is 10.8. The maximum Gasteiger partial charge on any atom is 0.126 e. The lowest BCUT2D eigenvalue weighted by molar-refractivity contribution is -0.225. The molecule has 7 heteroatoms. The maximum atomic E-state index is 10.5. The Labute approximate surface area is 188 Å². The van der Waals surface area contributed by atoms with Crippen molar-refractivity contribution in [3.63, 3.8) is 0 Å². The van der Waals surface area contributed by atoms with Crippen LogP contribution in [0.2, 0.25) is 5.02 Å². The number of aliphatic hydroxyl groups is 3. The fraction of sp³-hybridized carbons (Fsp3) is 0.458. The van der Waals surface area contributed by atoms with E-state index in [0.717, 1.165) is 22.6 Å². The number of ether oxygens (including phenoxy) is 2. The van der Waals surface area contributed by atoms with Gasteiger partial charge in [0.05, 0.1) is 6.10 Å². The molecule has 0 bridgehead atoms. The molecule has 1 aliphatic heterocycles. The molecule has 1 aliphatic rings. The first-order chi connectivity index (χ1) is 14.8. The summed E-state index contributed by atoms with van der Waals surface area (Å²) in [5.41, 5.74) is 3.57. The van der Waals surface area contributed by atoms with Gasteiger partial charge in [0.25, 0.3) is 0 Å². The van der Waals surface area contributed by atoms with Gasteiger partial charge in [0.15, 0.2) is 0 Å². The third-order valence-electron chi connectivity index (χ3n) is 5.66. The van der Waals surface area contributed by atoms with E-state index in [1.165, 1.54) is 0 Å². The Morgan fingerprint density at radius 2 is 1.77 bits per heavy atom. The zero-order valence-corrected chi connectivity index (χ0v) is 18.8. The first-order valence-electron chi connectivity index (χ1n) is 10.5. The Kier molecular flexibility index (Phi) is 8.08. The Morgan fingerprint density at radius 1 is 1.06 bits per heavy atom. The predicted molar refractivity (Wildman–Crippen MR) is 121 cm³/mol. The van der Waals surface area contributed by atoms with Crippen molar-refractivity contribution in [2.75, 3.05) is 13.7 Å². The molecule has 2 aromatic rings. The number of rotatable bonds is 7. The molecule has 0 saturated carbocycles. The predicted octanol–water partition coefficient (Wildman–Crippen LogP) is 3.33. The largest absolute Gasteiger partial charge is 0.488 e. The number of hydrogen-bond donors (Lipinski definition) is 3. The third kappa shape index (κ3) is 5.64. The standard InChI is InChI=1S/C24H30ClNO5/c1-4-20-21(27)22(28)23(29)24(31-20)16-7-10-19(25)17(12-16)11-15-5-8-18(9-6-15)30-13-14(2)26-3/h5-10,12,20-24,27-29H,4,11,13H2,1-3H3/t20-,21-,22+,23-,24+/m1/s1. The quantitative estimate of drug-likeness (QED) is 0.566. The van der Waals surface area contributed by atoms with E-state index in [2.05, 4.69) is 4.99 Å². The number of hydrogen-bond acceptors (Lipinski definition) is 6. The van der Waals surface area contributed by atoms with Crippen molar-refractivity contribution >= 4 is 17.3 Å². The molecule has 1 heterocycles. The van der Waals surface area contributed by atoms with Crippen molar-refractivity contribution in [1.82, 2.24) is 0 Å². The van der Waals surface area contributed by atoms with E-state index in [1.807, 2.05) is 44.2 Å². The van der Waals surface area contributed by atoms with Crippen LogP contribution in [0.3, 0.4) is 0 Å². The molecule has 0 radical (unpaired) electrons. The van der Waals surface area contributed by atoms with Crippen LogP contribution in [0.5, 0.6) is 5.75 Å². The van der Waals surface area contributed by atoms with Crippen LogP contribution in [0.15, 0.2) is 47.5 Å². The highest BCUT2D eigenvalue weighted by atomic mass is 35.5. The number of aliphatic hydroxyl groups excluding tert-OH is 3. The Morgan fingerprint density at radius 3 is 2.42 bits per heavy atom. The van der Waals surface area contributed by atoms with Crippen LogP contribution in [-0.4, -0.2) is 59.1 Å². The summed E-state index contributed by atoms with van der Waals surface area (Å²) in [6, 6.07) is 13.2. The van der Waals surface area contributed by atoms with Gasteiger partial charge in [-0.25, -0.2) is 0 Å². The molecule has 0 spiro atoms. The fourth-order valence-corrected chi connectivity index (χ4v) is 3.83. The van der Waals surface area contributed by atoms with Gasteiger partial charge in [-0.05, 0) is 54.7 Å². The molecule has 0 amide bonds. The molecule has 5 atom stereocenters. The lowest BCUT2D eigenvalue weighted by Crippen LogP contribution is -2.53. The van der Waals surface area contributed by atoms with Crippen molar-refractivity contribution in [2.45, 2.75) is 57.2 Å². The van der Waals surface area contributed by atoms with Gasteiger partial charge in [-0.15, -0.1) is 0 Å². The number of benzene rings is 2. The second-order valence-corrected chi connectivity index (χ2v) is 8.30. The summed E-state index contributed by atoms with van der Waals surface area (Å²) in [7, 11) is 1.74. The second kappa shape index (κ2) is 10.6. The molecular weight excluding hydrogens is 418 g/mol. The summed E-state index contributed by atoms with van der Waals surface area (Å²) in [5.74, 6) is 0.767. The molecule has 2 aromatic carbocycles. The van der Waals surface area contributed by atoms with E-state index >= 15 is 0 Å². The lowest BCUT2D eigenvalue weighted by Gasteiger charge is -2.40. The summed E-state index contributed by atoms with van der Waals surface area (Å²) in [5, 5.41) is 31.4. The minimum Gasteiger partial charge on any atom is -0.488 e. The lowest BCUT2D eigenvalue weighted by atomic mass is 9.89. The minimum absolute atomic E-state index is 0.451. The number of halogens is 1. The SMILES string of the molecule is CC[C@H]1O[C@@H](c2ccc(Cl)c(Cc3ccc(OCC(C)=NC)cc3)c2)[C@H](O)[C@@H](O)[C@@H]1O. The Bertz CT molecular complexity index is 899. The van der Waals surface area contributed by atoms with Crippen molar-refractivity contribution in [2.24, 2.45) is 4.99 Å². The molecule has 1 fully saturated rings. The first kappa shape index (κ1) is 23.7. The van der Waals surface area contributed by atoms with Crippen molar-refractivity contribution in [3.8, 4) is 5.75 Å². The van der Waals surface area contributed by atoms with E-state index in [4.69, 9.17) is 21.1 Å². The van der Waals surface area contributed by atoms with Gasteiger partial charge in [-0.3, -0.25) is 4.99 Å². The van der Waals surface area contributed by atoms with Gasteiger partial charge in [0.1, 0.15) is 36.8 Å². The van der Waals surface area contributed by atoms with Gasteiger partial charge < -0.3 is 24.8 Å². The van der Waals surface area contributed by atoms with Crippen LogP contribution in [-0.2, 0) is 11.2 Å². The van der Waals surface area contributed by atoms with Crippen LogP contribution in [0.25, 0.3) is 0 Å². The third-order valence-corrected chi connectivity index (χ3v) is 6.03. The molecule has 168 valence electrons. The second-order valence-electron chi connectivity index (χ2n) is 7.89. The van der Waals surface area contributed by atoms with Crippen molar-refractivity contribution in [3.05, 3.63) is 64.2 Å². The molecular formula is C24H30ClNO5. The van der Waals surface area contributed by atoms with Gasteiger partial charge in [-0.1, -0.05) is 42.8 Å². The summed E-state index contributed by atoms with van der Waals surface area (Å²) in [6.07, 6.45) is -3.77. The van der Waals surface area contributed by atoms with E-state index in [9.17, 15) is 15.3 Å². The average Bonchev–Trinajstić information content (AvgIpc) is 2.78. The molecule has 3 N–H and O–H groups in total. The van der Waals surface area contributed by atoms with Crippen molar-refractivity contribution in [1.29, 1.82) is 0 Å². The molecule has 31 heavy (non-hydrogen) atoms. The summed E-state index contributed by atoms with van der Waals surface area (Å²) in [6.45, 7) is 4.23. The fourth-order valence-electron chi connectivity index (χ4n) is 3.65. The summed E-state index contributed by atoms with van der Waals surface area (Å²) >= 11 is 6.43. The normalized spacial score (nSPS) is 26.7. The van der Waals surface area contributed by atoms with Gasteiger partial charge >= 0.3 is 0 Å². The highest BCUT2D eigenvalue weighted by molar-refractivity contribution is 6.31. The van der Waals surface area contributed by atoms with E-state index in [1.54, 1.807) is 19.2 Å². The van der Waals surface area contributed by atoms with Crippen LogP contribution in [0.1, 0.15) is 43.1 Å². The number of aliphatic imine (C=N–C) groups is 1. The van der Waals surface area contributed by atoms with Crippen LogP contribution >= 0.6 is 11.6 Å². The Hall–Kier alpha value is -1.96. The minimum atomic E-state index is -1.27.